The second kappa shape index (κ2) is 11.7. The Bertz CT molecular complexity index is 504. The van der Waals surface area contributed by atoms with E-state index in [4.69, 9.17) is 23.7 Å². The first-order valence-electron chi connectivity index (χ1n) is 8.64. The van der Waals surface area contributed by atoms with E-state index >= 15 is 0 Å². The summed E-state index contributed by atoms with van der Waals surface area (Å²) < 4.78 is 26.7. The zero-order chi connectivity index (χ0) is 17.7. The van der Waals surface area contributed by atoms with Crippen LogP contribution < -0.4 is 9.47 Å². The number of amides is 1. The van der Waals surface area contributed by atoms with Crippen LogP contribution in [0.25, 0.3) is 0 Å². The normalized spacial score (nSPS) is 13.9. The van der Waals surface area contributed by atoms with Gasteiger partial charge in [-0.15, -0.1) is 0 Å². The smallest absolute Gasteiger partial charge is 0.415 e. The van der Waals surface area contributed by atoms with Gasteiger partial charge in [-0.3, -0.25) is 0 Å². The number of methoxy groups -OCH3 is 1. The third kappa shape index (κ3) is 7.29. The third-order valence-corrected chi connectivity index (χ3v) is 3.70. The summed E-state index contributed by atoms with van der Waals surface area (Å²) >= 11 is 0. The molecule has 7 nitrogen and oxygen atoms in total. The Morgan fingerprint density at radius 1 is 0.920 bits per heavy atom. The predicted molar refractivity (Wildman–Crippen MR) is 92.3 cm³/mol. The lowest BCUT2D eigenvalue weighted by Crippen LogP contribution is -2.30. The van der Waals surface area contributed by atoms with E-state index in [1.165, 1.54) is 0 Å². The van der Waals surface area contributed by atoms with E-state index in [2.05, 4.69) is 0 Å². The molecule has 0 saturated carbocycles. The molecular weight excluding hydrogens is 326 g/mol. The van der Waals surface area contributed by atoms with Crippen LogP contribution in [0.3, 0.4) is 0 Å². The molecule has 0 radical (unpaired) electrons. The number of rotatable bonds is 11. The highest BCUT2D eigenvalue weighted by molar-refractivity contribution is 5.71. The van der Waals surface area contributed by atoms with E-state index in [0.717, 1.165) is 25.9 Å². The summed E-state index contributed by atoms with van der Waals surface area (Å²) in [6.07, 6.45) is 1.73. The lowest BCUT2D eigenvalue weighted by Gasteiger charge is -2.16. The van der Waals surface area contributed by atoms with E-state index in [0.29, 0.717) is 51.1 Å². The van der Waals surface area contributed by atoms with Gasteiger partial charge in [0.15, 0.2) is 11.5 Å². The predicted octanol–water partition coefficient (Wildman–Crippen LogP) is 2.34. The minimum atomic E-state index is -0.321. The Kier molecular flexibility index (Phi) is 9.11. The number of nitrogens with zero attached hydrogens (tertiary/aromatic N) is 1. The van der Waals surface area contributed by atoms with Gasteiger partial charge in [-0.2, -0.15) is 0 Å². The zero-order valence-corrected chi connectivity index (χ0v) is 14.8. The molecule has 0 aliphatic carbocycles. The van der Waals surface area contributed by atoms with Crippen LogP contribution >= 0.6 is 0 Å². The van der Waals surface area contributed by atoms with Crippen LogP contribution in [0.1, 0.15) is 12.8 Å². The van der Waals surface area contributed by atoms with E-state index in [1.54, 1.807) is 24.1 Å². The summed E-state index contributed by atoms with van der Waals surface area (Å²) in [6, 6.07) is 7.16. The van der Waals surface area contributed by atoms with Crippen molar-refractivity contribution < 1.29 is 28.5 Å². The van der Waals surface area contributed by atoms with Gasteiger partial charge in [-0.1, -0.05) is 12.1 Å². The molecule has 1 amide bonds. The number of likely N-dealkylation sites (tertiary alicyclic amines) is 1. The molecule has 7 heteroatoms. The number of para-hydroxylation sites is 2. The molecule has 0 spiro atoms. The Labute approximate surface area is 148 Å². The third-order valence-electron chi connectivity index (χ3n) is 3.70. The average Bonchev–Trinajstić information content (AvgIpc) is 3.16. The second-order valence-electron chi connectivity index (χ2n) is 5.57. The number of carbonyl (C=O) groups is 1. The summed E-state index contributed by atoms with van der Waals surface area (Å²) in [5.74, 6) is 0.970. The molecule has 1 fully saturated rings. The Hall–Kier alpha value is -1.83. The van der Waals surface area contributed by atoms with Crippen LogP contribution in [-0.2, 0) is 14.2 Å². The van der Waals surface area contributed by atoms with Gasteiger partial charge in [-0.05, 0) is 25.0 Å². The summed E-state index contributed by atoms with van der Waals surface area (Å²) in [7, 11) is 1.64. The highest BCUT2D eigenvalue weighted by Crippen LogP contribution is 2.27. The maximum Gasteiger partial charge on any atom is 0.415 e. The van der Waals surface area contributed by atoms with Crippen LogP contribution in [0.4, 0.5) is 4.79 Å². The average molecular weight is 353 g/mol. The van der Waals surface area contributed by atoms with E-state index in [9.17, 15) is 4.79 Å². The molecule has 0 atom stereocenters. The molecule has 1 aromatic rings. The number of benzene rings is 1. The quantitative estimate of drug-likeness (QED) is 0.569. The largest absolute Gasteiger partial charge is 0.487 e. The van der Waals surface area contributed by atoms with Crippen LogP contribution in [-0.4, -0.2) is 70.8 Å². The van der Waals surface area contributed by atoms with E-state index in [1.807, 2.05) is 12.1 Å². The van der Waals surface area contributed by atoms with Crippen LogP contribution in [0.5, 0.6) is 11.5 Å². The fraction of sp³-hybridized carbons (Fsp3) is 0.611. The van der Waals surface area contributed by atoms with Gasteiger partial charge in [0.2, 0.25) is 0 Å². The fourth-order valence-electron chi connectivity index (χ4n) is 2.39. The minimum absolute atomic E-state index is 0.321. The molecule has 0 unspecified atom stereocenters. The lowest BCUT2D eigenvalue weighted by molar-refractivity contribution is 0.0178. The first-order valence-corrected chi connectivity index (χ1v) is 8.64. The topological polar surface area (TPSA) is 66.5 Å². The number of hydrogen-bond donors (Lipinski definition) is 0. The highest BCUT2D eigenvalue weighted by Gasteiger charge is 2.20. The summed E-state index contributed by atoms with van der Waals surface area (Å²) in [4.78, 5) is 13.8. The van der Waals surface area contributed by atoms with Crippen molar-refractivity contribution in [1.29, 1.82) is 0 Å². The summed E-state index contributed by atoms with van der Waals surface area (Å²) in [5.41, 5.74) is 0. The van der Waals surface area contributed by atoms with Gasteiger partial charge in [-0.25, -0.2) is 4.79 Å². The molecule has 1 aliphatic rings. The molecule has 0 N–H and O–H groups in total. The molecular formula is C18H27NO6. The van der Waals surface area contributed by atoms with E-state index < -0.39 is 0 Å². The molecule has 0 bridgehead atoms. The maximum absolute atomic E-state index is 12.1. The molecule has 0 aromatic heterocycles. The van der Waals surface area contributed by atoms with Gasteiger partial charge in [0.25, 0.3) is 0 Å². The molecule has 2 rings (SSSR count). The summed E-state index contributed by atoms with van der Waals surface area (Å²) in [6.45, 7) is 4.47. The van der Waals surface area contributed by atoms with Gasteiger partial charge in [0.1, 0.15) is 6.61 Å². The van der Waals surface area contributed by atoms with Crippen molar-refractivity contribution >= 4 is 6.09 Å². The van der Waals surface area contributed by atoms with Crippen molar-refractivity contribution in [2.45, 2.75) is 12.8 Å². The molecule has 25 heavy (non-hydrogen) atoms. The lowest BCUT2D eigenvalue weighted by atomic mass is 10.3. The number of hydrogen-bond acceptors (Lipinski definition) is 6. The van der Waals surface area contributed by atoms with Crippen LogP contribution in [0.15, 0.2) is 24.3 Å². The summed E-state index contributed by atoms with van der Waals surface area (Å²) in [5, 5.41) is 0. The zero-order valence-electron chi connectivity index (χ0n) is 14.8. The monoisotopic (exact) mass is 353 g/mol. The van der Waals surface area contributed by atoms with Crippen LogP contribution in [0, 0.1) is 0 Å². The molecule has 1 aliphatic heterocycles. The molecule has 1 saturated heterocycles. The van der Waals surface area contributed by atoms with Crippen molar-refractivity contribution in [2.75, 3.05) is 59.8 Å². The SMILES string of the molecule is COCCOCCOCCOc1ccccc1OC(=O)N1CCCC1. The van der Waals surface area contributed by atoms with Crippen molar-refractivity contribution in [2.24, 2.45) is 0 Å². The van der Waals surface area contributed by atoms with Crippen LogP contribution in [0.2, 0.25) is 0 Å². The number of carbonyl (C=O) groups excluding carboxylic acids is 1. The van der Waals surface area contributed by atoms with Crippen molar-refractivity contribution in [1.82, 2.24) is 4.90 Å². The van der Waals surface area contributed by atoms with Gasteiger partial charge < -0.3 is 28.6 Å². The maximum atomic E-state index is 12.1. The minimum Gasteiger partial charge on any atom is -0.487 e. The molecule has 1 aromatic carbocycles. The molecule has 1 heterocycles. The first-order chi connectivity index (χ1) is 12.3. The second-order valence-corrected chi connectivity index (χ2v) is 5.57. The Morgan fingerprint density at radius 2 is 1.52 bits per heavy atom. The van der Waals surface area contributed by atoms with Crippen molar-refractivity contribution in [3.63, 3.8) is 0 Å². The Morgan fingerprint density at radius 3 is 2.20 bits per heavy atom. The Balaban J connectivity index is 1.65. The van der Waals surface area contributed by atoms with Gasteiger partial charge in [0.05, 0.1) is 33.0 Å². The highest BCUT2D eigenvalue weighted by atomic mass is 16.6. The number of ether oxygens (including phenoxy) is 5. The standard InChI is InChI=1S/C18H27NO6/c1-21-10-11-22-12-13-23-14-15-24-16-6-2-3-7-17(16)25-18(20)19-8-4-5-9-19/h2-3,6-7H,4-5,8-15H2,1H3. The first kappa shape index (κ1) is 19.5. The fourth-order valence-corrected chi connectivity index (χ4v) is 2.39. The van der Waals surface area contributed by atoms with Gasteiger partial charge in [0, 0.05) is 20.2 Å². The van der Waals surface area contributed by atoms with Gasteiger partial charge >= 0.3 is 6.09 Å². The van der Waals surface area contributed by atoms with E-state index in [-0.39, 0.29) is 6.09 Å². The van der Waals surface area contributed by atoms with Crippen molar-refractivity contribution in [3.05, 3.63) is 24.3 Å². The van der Waals surface area contributed by atoms with Crippen molar-refractivity contribution in [3.8, 4) is 11.5 Å². The molecule has 140 valence electrons.